The van der Waals surface area contributed by atoms with Crippen LogP contribution in [0.4, 0.5) is 5.69 Å². The zero-order valence-corrected chi connectivity index (χ0v) is 15.6. The van der Waals surface area contributed by atoms with E-state index in [1.54, 1.807) is 24.3 Å². The number of benzene rings is 2. The minimum Gasteiger partial charge on any atom is -0.392 e. The second-order valence-electron chi connectivity index (χ2n) is 5.24. The molecular weight excluding hydrogens is 396 g/mol. The van der Waals surface area contributed by atoms with Gasteiger partial charge < -0.3 is 10.4 Å². The summed E-state index contributed by atoms with van der Waals surface area (Å²) >= 11 is 3.27. The molecule has 8 heteroatoms. The van der Waals surface area contributed by atoms with E-state index >= 15 is 0 Å². The first-order valence-corrected chi connectivity index (χ1v) is 9.22. The van der Waals surface area contributed by atoms with Gasteiger partial charge in [0.2, 0.25) is 10.0 Å². The van der Waals surface area contributed by atoms with Gasteiger partial charge in [-0.25, -0.2) is 12.7 Å². The summed E-state index contributed by atoms with van der Waals surface area (Å²) in [6, 6.07) is 11.1. The van der Waals surface area contributed by atoms with Crippen LogP contribution in [0.3, 0.4) is 0 Å². The van der Waals surface area contributed by atoms with Crippen LogP contribution in [-0.4, -0.2) is 37.8 Å². The highest BCUT2D eigenvalue weighted by atomic mass is 79.9. The summed E-state index contributed by atoms with van der Waals surface area (Å²) in [5, 5.41) is 11.8. The molecular formula is C16H17BrN2O4S. The van der Waals surface area contributed by atoms with Crippen LogP contribution in [-0.2, 0) is 16.6 Å². The van der Waals surface area contributed by atoms with Crippen LogP contribution in [0.2, 0.25) is 0 Å². The minimum absolute atomic E-state index is 0.0324. The second-order valence-corrected chi connectivity index (χ2v) is 8.25. The van der Waals surface area contributed by atoms with E-state index in [0.29, 0.717) is 15.7 Å². The predicted molar refractivity (Wildman–Crippen MR) is 95.3 cm³/mol. The van der Waals surface area contributed by atoms with E-state index < -0.39 is 15.9 Å². The first kappa shape index (κ1) is 18.6. The Kier molecular flexibility index (Phi) is 5.76. The minimum atomic E-state index is -3.63. The van der Waals surface area contributed by atoms with Crippen LogP contribution in [0.5, 0.6) is 0 Å². The summed E-state index contributed by atoms with van der Waals surface area (Å²) < 4.78 is 26.0. The summed E-state index contributed by atoms with van der Waals surface area (Å²) in [6.07, 6.45) is 0. The highest BCUT2D eigenvalue weighted by molar-refractivity contribution is 9.10. The van der Waals surface area contributed by atoms with Gasteiger partial charge in [0.05, 0.1) is 17.1 Å². The summed E-state index contributed by atoms with van der Waals surface area (Å²) in [4.78, 5) is 12.5. The average molecular weight is 413 g/mol. The third-order valence-electron chi connectivity index (χ3n) is 3.33. The third kappa shape index (κ3) is 4.02. The van der Waals surface area contributed by atoms with Crippen LogP contribution < -0.4 is 5.32 Å². The number of nitrogens with one attached hydrogen (secondary N) is 1. The van der Waals surface area contributed by atoms with Gasteiger partial charge in [-0.2, -0.15) is 0 Å². The molecule has 6 nitrogen and oxygen atoms in total. The molecule has 0 aromatic heterocycles. The first-order chi connectivity index (χ1) is 11.3. The van der Waals surface area contributed by atoms with Gasteiger partial charge >= 0.3 is 0 Å². The van der Waals surface area contributed by atoms with Crippen LogP contribution in [0.15, 0.2) is 51.8 Å². The van der Waals surface area contributed by atoms with Gasteiger partial charge in [-0.3, -0.25) is 4.79 Å². The van der Waals surface area contributed by atoms with Crippen molar-refractivity contribution >= 4 is 37.5 Å². The van der Waals surface area contributed by atoms with Gasteiger partial charge in [-0.15, -0.1) is 0 Å². The smallest absolute Gasteiger partial charge is 0.256 e. The second kappa shape index (κ2) is 7.43. The maximum atomic E-state index is 12.5. The molecule has 0 saturated carbocycles. The number of carbonyl (C=O) groups excluding carboxylic acids is 1. The maximum absolute atomic E-state index is 12.5. The summed E-state index contributed by atoms with van der Waals surface area (Å²) in [6.45, 7) is -0.135. The van der Waals surface area contributed by atoms with Crippen molar-refractivity contribution in [2.75, 3.05) is 19.4 Å². The fraction of sp³-hybridized carbons (Fsp3) is 0.188. The molecule has 0 fully saturated rings. The Balaban J connectivity index is 2.35. The summed E-state index contributed by atoms with van der Waals surface area (Å²) in [5.74, 6) is -0.451. The number of sulfonamides is 1. The number of nitrogens with zero attached hydrogens (tertiary/aromatic N) is 1. The van der Waals surface area contributed by atoms with Gasteiger partial charge in [-0.1, -0.05) is 12.1 Å². The molecule has 0 heterocycles. The molecule has 0 aliphatic rings. The van der Waals surface area contributed by atoms with Crippen molar-refractivity contribution in [3.8, 4) is 0 Å². The van der Waals surface area contributed by atoms with Crippen molar-refractivity contribution in [1.82, 2.24) is 4.31 Å². The SMILES string of the molecule is CN(C)S(=O)(=O)c1ccc(Br)c(C(=O)Nc2cccc(CO)c2)c1. The van der Waals surface area contributed by atoms with Crippen LogP contribution in [0.1, 0.15) is 15.9 Å². The molecule has 0 atom stereocenters. The van der Waals surface area contributed by atoms with Crippen molar-refractivity contribution in [2.45, 2.75) is 11.5 Å². The summed E-state index contributed by atoms with van der Waals surface area (Å²) in [5.41, 5.74) is 1.38. The number of carbonyl (C=O) groups is 1. The Morgan fingerprint density at radius 2 is 1.92 bits per heavy atom. The summed E-state index contributed by atoms with van der Waals surface area (Å²) in [7, 11) is -0.778. The zero-order chi connectivity index (χ0) is 17.9. The number of anilines is 1. The topological polar surface area (TPSA) is 86.7 Å². The highest BCUT2D eigenvalue weighted by Gasteiger charge is 2.20. The fourth-order valence-electron chi connectivity index (χ4n) is 2.00. The lowest BCUT2D eigenvalue weighted by atomic mass is 10.2. The van der Waals surface area contributed by atoms with Crippen molar-refractivity contribution in [3.63, 3.8) is 0 Å². The van der Waals surface area contributed by atoms with Crippen molar-refractivity contribution in [3.05, 3.63) is 58.1 Å². The molecule has 128 valence electrons. The van der Waals surface area contributed by atoms with Gasteiger partial charge in [0.15, 0.2) is 0 Å². The molecule has 2 rings (SSSR count). The zero-order valence-electron chi connectivity index (χ0n) is 13.2. The van der Waals surface area contributed by atoms with E-state index in [1.807, 2.05) is 0 Å². The lowest BCUT2D eigenvalue weighted by Gasteiger charge is -2.13. The molecule has 0 saturated heterocycles. The number of aliphatic hydroxyl groups excluding tert-OH is 1. The number of amides is 1. The maximum Gasteiger partial charge on any atom is 0.256 e. The molecule has 0 unspecified atom stereocenters. The van der Waals surface area contributed by atoms with Gasteiger partial charge in [0, 0.05) is 24.3 Å². The Hall–Kier alpha value is -1.74. The van der Waals surface area contributed by atoms with Gasteiger partial charge in [0.1, 0.15) is 0 Å². The average Bonchev–Trinajstić information content (AvgIpc) is 2.54. The molecule has 0 aliphatic heterocycles. The Morgan fingerprint density at radius 1 is 1.21 bits per heavy atom. The molecule has 1 amide bonds. The Labute approximate surface area is 149 Å². The van der Waals surface area contributed by atoms with E-state index in [4.69, 9.17) is 5.11 Å². The molecule has 0 radical (unpaired) electrons. The number of hydrogen-bond donors (Lipinski definition) is 2. The number of aliphatic hydroxyl groups is 1. The van der Waals surface area contributed by atoms with Crippen LogP contribution >= 0.6 is 15.9 Å². The number of rotatable bonds is 5. The Bertz CT molecular complexity index is 866. The largest absolute Gasteiger partial charge is 0.392 e. The molecule has 0 spiro atoms. The van der Waals surface area contributed by atoms with Crippen LogP contribution in [0, 0.1) is 0 Å². The standard InChI is InChI=1S/C16H17BrN2O4S/c1-19(2)24(22,23)13-6-7-15(17)14(9-13)16(21)18-12-5-3-4-11(8-12)10-20/h3-9,20H,10H2,1-2H3,(H,18,21). The lowest BCUT2D eigenvalue weighted by Crippen LogP contribution is -2.23. The van der Waals surface area contributed by atoms with E-state index in [-0.39, 0.29) is 17.1 Å². The quantitative estimate of drug-likeness (QED) is 0.789. The van der Waals surface area contributed by atoms with Gasteiger partial charge in [-0.05, 0) is 51.8 Å². The number of halogens is 1. The predicted octanol–water partition coefficient (Wildman–Crippen LogP) is 2.44. The molecule has 0 aliphatic carbocycles. The lowest BCUT2D eigenvalue weighted by molar-refractivity contribution is 0.102. The molecule has 2 aromatic rings. The Morgan fingerprint density at radius 3 is 2.54 bits per heavy atom. The molecule has 2 N–H and O–H groups in total. The third-order valence-corrected chi connectivity index (χ3v) is 5.83. The van der Waals surface area contributed by atoms with E-state index in [0.717, 1.165) is 4.31 Å². The van der Waals surface area contributed by atoms with Crippen molar-refractivity contribution in [2.24, 2.45) is 0 Å². The molecule has 0 bridgehead atoms. The molecule has 2 aromatic carbocycles. The van der Waals surface area contributed by atoms with Crippen molar-refractivity contribution < 1.29 is 18.3 Å². The van der Waals surface area contributed by atoms with Crippen LogP contribution in [0.25, 0.3) is 0 Å². The number of hydrogen-bond acceptors (Lipinski definition) is 4. The van der Waals surface area contributed by atoms with Crippen molar-refractivity contribution in [1.29, 1.82) is 0 Å². The highest BCUT2D eigenvalue weighted by Crippen LogP contribution is 2.24. The normalized spacial score (nSPS) is 11.5. The van der Waals surface area contributed by atoms with E-state index in [2.05, 4.69) is 21.2 Å². The fourth-order valence-corrected chi connectivity index (χ4v) is 3.35. The monoisotopic (exact) mass is 412 g/mol. The van der Waals surface area contributed by atoms with Gasteiger partial charge in [0.25, 0.3) is 5.91 Å². The van der Waals surface area contributed by atoms with E-state index in [9.17, 15) is 13.2 Å². The first-order valence-electron chi connectivity index (χ1n) is 6.99. The van der Waals surface area contributed by atoms with E-state index in [1.165, 1.54) is 32.3 Å². The molecule has 24 heavy (non-hydrogen) atoms.